The minimum absolute atomic E-state index is 0.119. The van der Waals surface area contributed by atoms with Gasteiger partial charge in [-0.3, -0.25) is 0 Å². The Morgan fingerprint density at radius 1 is 1.00 bits per heavy atom. The summed E-state index contributed by atoms with van der Waals surface area (Å²) in [6, 6.07) is 26.9. The lowest BCUT2D eigenvalue weighted by Crippen LogP contribution is -1.98. The first-order valence-corrected chi connectivity index (χ1v) is 10.2. The van der Waals surface area contributed by atoms with Gasteiger partial charge in [0.15, 0.2) is 0 Å². The van der Waals surface area contributed by atoms with Gasteiger partial charge in [-0.25, -0.2) is 4.99 Å². The second-order valence-electron chi connectivity index (χ2n) is 6.98. The van der Waals surface area contributed by atoms with Crippen molar-refractivity contribution < 1.29 is 13.9 Å². The molecule has 0 aliphatic rings. The van der Waals surface area contributed by atoms with Crippen molar-refractivity contribution in [3.63, 3.8) is 0 Å². The third kappa shape index (κ3) is 4.63. The molecule has 4 rings (SSSR count). The third-order valence-electron chi connectivity index (χ3n) is 4.95. The summed E-state index contributed by atoms with van der Waals surface area (Å²) in [5.74, 6) is 4.43. The predicted octanol–water partition coefficient (Wildman–Crippen LogP) is 6.26. The molecule has 0 fully saturated rings. The summed E-state index contributed by atoms with van der Waals surface area (Å²) in [7, 11) is 1.58. The van der Waals surface area contributed by atoms with Gasteiger partial charge >= 0.3 is 0 Å². The fraction of sp³-hybridized carbons (Fsp3) is 0.0714. The lowest BCUT2D eigenvalue weighted by molar-refractivity contribution is 0.367. The van der Waals surface area contributed by atoms with Crippen molar-refractivity contribution in [2.45, 2.75) is 0 Å². The molecule has 0 unspecified atom stereocenters. The molecule has 0 atom stereocenters. The summed E-state index contributed by atoms with van der Waals surface area (Å²) < 4.78 is 17.1. The predicted molar refractivity (Wildman–Crippen MR) is 129 cm³/mol. The minimum atomic E-state index is 0.119. The largest absolute Gasteiger partial charge is 0.497 e. The second-order valence-corrected chi connectivity index (χ2v) is 6.98. The number of hydrogen-bond acceptors (Lipinski definition) is 5. The summed E-state index contributed by atoms with van der Waals surface area (Å²) in [5, 5.41) is 10.0. The van der Waals surface area contributed by atoms with E-state index in [2.05, 4.69) is 17.0 Å². The number of ether oxygens (including phenoxy) is 2. The molecule has 33 heavy (non-hydrogen) atoms. The van der Waals surface area contributed by atoms with Gasteiger partial charge in [0, 0.05) is 22.9 Å². The van der Waals surface area contributed by atoms with Gasteiger partial charge in [-0.1, -0.05) is 66.6 Å². The third-order valence-corrected chi connectivity index (χ3v) is 4.95. The number of nitrogens with zero attached hydrogens (tertiary/aromatic N) is 2. The van der Waals surface area contributed by atoms with E-state index in [0.29, 0.717) is 33.9 Å². The van der Waals surface area contributed by atoms with Crippen LogP contribution in [0.5, 0.6) is 11.5 Å². The van der Waals surface area contributed by atoms with Gasteiger partial charge in [0.05, 0.1) is 7.11 Å². The molecule has 0 aliphatic carbocycles. The van der Waals surface area contributed by atoms with Crippen LogP contribution >= 0.6 is 0 Å². The van der Waals surface area contributed by atoms with E-state index in [0.717, 1.165) is 11.1 Å². The Hall–Kier alpha value is -4.74. The van der Waals surface area contributed by atoms with Gasteiger partial charge in [-0.15, -0.1) is 6.42 Å². The maximum atomic E-state index is 10.0. The number of rotatable bonds is 7. The molecule has 0 aliphatic heterocycles. The van der Waals surface area contributed by atoms with Crippen molar-refractivity contribution in [3.8, 4) is 52.4 Å². The van der Waals surface area contributed by atoms with E-state index in [-0.39, 0.29) is 12.5 Å². The molecule has 0 radical (unpaired) electrons. The lowest BCUT2D eigenvalue weighted by atomic mass is 9.98. The molecule has 160 valence electrons. The van der Waals surface area contributed by atoms with E-state index < -0.39 is 0 Å². The Morgan fingerprint density at radius 3 is 2.33 bits per heavy atom. The van der Waals surface area contributed by atoms with Crippen LogP contribution in [0.4, 0.5) is 5.88 Å². The molecule has 0 amide bonds. The Bertz CT molecular complexity index is 1360. The van der Waals surface area contributed by atoms with Crippen LogP contribution in [0.1, 0.15) is 11.1 Å². The molecule has 3 aromatic carbocycles. The van der Waals surface area contributed by atoms with Crippen LogP contribution in [0.25, 0.3) is 22.5 Å². The first kappa shape index (κ1) is 21.5. The topological polar surface area (TPSA) is 67.8 Å². The number of terminal acetylenes is 1. The van der Waals surface area contributed by atoms with Crippen LogP contribution in [0.2, 0.25) is 0 Å². The summed E-state index contributed by atoms with van der Waals surface area (Å²) in [6.07, 6.45) is 6.91. The fourth-order valence-corrected chi connectivity index (χ4v) is 3.42. The van der Waals surface area contributed by atoms with Gasteiger partial charge < -0.3 is 13.9 Å². The summed E-state index contributed by atoms with van der Waals surface area (Å²) in [5.41, 5.74) is 3.43. The Kier molecular flexibility index (Phi) is 6.54. The van der Waals surface area contributed by atoms with Gasteiger partial charge in [0.25, 0.3) is 0 Å². The average molecular weight is 432 g/mol. The highest BCUT2D eigenvalue weighted by molar-refractivity contribution is 5.91. The molecule has 5 nitrogen and oxygen atoms in total. The van der Waals surface area contributed by atoms with Crippen LogP contribution in [0.15, 0.2) is 88.3 Å². The minimum Gasteiger partial charge on any atom is -0.497 e. The van der Waals surface area contributed by atoms with Crippen LogP contribution in [-0.4, -0.2) is 19.9 Å². The van der Waals surface area contributed by atoms with E-state index in [1.807, 2.05) is 60.7 Å². The summed E-state index contributed by atoms with van der Waals surface area (Å²) in [4.78, 5) is 4.52. The molecular weight excluding hydrogens is 412 g/mol. The molecule has 5 heteroatoms. The Labute approximate surface area is 192 Å². The molecule has 0 spiro atoms. The van der Waals surface area contributed by atoms with Crippen molar-refractivity contribution in [2.24, 2.45) is 4.99 Å². The van der Waals surface area contributed by atoms with Crippen LogP contribution in [0, 0.1) is 23.7 Å². The zero-order chi connectivity index (χ0) is 23.0. The highest BCUT2D eigenvalue weighted by Crippen LogP contribution is 2.42. The van der Waals surface area contributed by atoms with Crippen LogP contribution in [-0.2, 0) is 0 Å². The molecule has 1 aromatic heterocycles. The van der Waals surface area contributed by atoms with E-state index >= 15 is 0 Å². The smallest absolute Gasteiger partial charge is 0.238 e. The highest BCUT2D eigenvalue weighted by atomic mass is 16.5. The monoisotopic (exact) mass is 432 g/mol. The number of methoxy groups -OCH3 is 1. The molecular formula is C28H20N2O3. The Balaban J connectivity index is 1.85. The van der Waals surface area contributed by atoms with Crippen molar-refractivity contribution in [2.75, 3.05) is 13.7 Å². The second kappa shape index (κ2) is 10.0. The number of nitriles is 1. The zero-order valence-corrected chi connectivity index (χ0v) is 18.0. The molecule has 0 saturated carbocycles. The van der Waals surface area contributed by atoms with E-state index in [1.165, 1.54) is 0 Å². The molecule has 0 N–H and O–H groups in total. The van der Waals surface area contributed by atoms with E-state index in [1.54, 1.807) is 31.5 Å². The van der Waals surface area contributed by atoms with Crippen molar-refractivity contribution >= 4 is 12.1 Å². The maximum absolute atomic E-state index is 10.0. The first-order chi connectivity index (χ1) is 16.2. The van der Waals surface area contributed by atoms with Gasteiger partial charge in [-0.2, -0.15) is 5.26 Å². The standard InChI is InChI=1S/C28H20N2O3/c1-3-16-32-25-15-14-23(31-2)17-22(25)19-30-28-24(18-29)26(20-10-6-4-7-11-20)27(33-28)21-12-8-5-9-13-21/h1,4-15,17,19H,16H2,2H3/b30-19+. The van der Waals surface area contributed by atoms with Gasteiger partial charge in [0.2, 0.25) is 5.88 Å². The molecule has 0 bridgehead atoms. The SMILES string of the molecule is C#CCOc1ccc(OC)cc1/C=N/c1oc(-c2ccccc2)c(-c2ccccc2)c1C#N. The van der Waals surface area contributed by atoms with E-state index in [4.69, 9.17) is 20.3 Å². The van der Waals surface area contributed by atoms with Gasteiger partial charge in [-0.05, 0) is 23.8 Å². The summed E-state index contributed by atoms with van der Waals surface area (Å²) >= 11 is 0. The summed E-state index contributed by atoms with van der Waals surface area (Å²) in [6.45, 7) is 0.119. The van der Waals surface area contributed by atoms with Crippen molar-refractivity contribution in [1.82, 2.24) is 0 Å². The number of aliphatic imine (C=N–C) groups is 1. The van der Waals surface area contributed by atoms with E-state index in [9.17, 15) is 5.26 Å². The lowest BCUT2D eigenvalue weighted by Gasteiger charge is -2.08. The first-order valence-electron chi connectivity index (χ1n) is 10.2. The highest BCUT2D eigenvalue weighted by Gasteiger charge is 2.22. The number of hydrogen-bond donors (Lipinski definition) is 0. The number of benzene rings is 3. The maximum Gasteiger partial charge on any atom is 0.238 e. The molecule has 4 aromatic rings. The normalized spacial score (nSPS) is 10.5. The molecule has 1 heterocycles. The van der Waals surface area contributed by atoms with Crippen molar-refractivity contribution in [1.29, 1.82) is 5.26 Å². The molecule has 0 saturated heterocycles. The zero-order valence-electron chi connectivity index (χ0n) is 18.0. The quantitative estimate of drug-likeness (QED) is 0.255. The average Bonchev–Trinajstić information content (AvgIpc) is 3.26. The Morgan fingerprint density at radius 2 is 1.70 bits per heavy atom. The fourth-order valence-electron chi connectivity index (χ4n) is 3.42. The van der Waals surface area contributed by atoms with Crippen molar-refractivity contribution in [3.05, 3.63) is 90.0 Å². The van der Waals surface area contributed by atoms with Crippen LogP contribution < -0.4 is 9.47 Å². The van der Waals surface area contributed by atoms with Crippen LogP contribution in [0.3, 0.4) is 0 Å². The number of furan rings is 1. The van der Waals surface area contributed by atoms with Gasteiger partial charge in [0.1, 0.15) is 35.5 Å².